The summed E-state index contributed by atoms with van der Waals surface area (Å²) >= 11 is 0. The molecule has 1 N–H and O–H groups in total. The highest BCUT2D eigenvalue weighted by atomic mass is 16.5. The zero-order chi connectivity index (χ0) is 16.9. The summed E-state index contributed by atoms with van der Waals surface area (Å²) in [6, 6.07) is 2.00. The Kier molecular flexibility index (Phi) is 2.27. The van der Waals surface area contributed by atoms with Crippen LogP contribution in [0.2, 0.25) is 0 Å². The molecule has 1 saturated carbocycles. The maximum atomic E-state index is 12.7. The second-order valence-electron chi connectivity index (χ2n) is 7.35. The minimum atomic E-state index is -0.990. The first-order valence-electron chi connectivity index (χ1n) is 8.77. The largest absolute Gasteiger partial charge is 0.493 e. The molecular formula is C18H21NO4. The van der Waals surface area contributed by atoms with Gasteiger partial charge in [-0.3, -0.25) is 4.79 Å². The van der Waals surface area contributed by atoms with E-state index < -0.39 is 17.1 Å². The van der Waals surface area contributed by atoms with Gasteiger partial charge in [-0.1, -0.05) is 6.04 Å². The average Bonchev–Trinajstić information content (AvgIpc) is 2.90. The Bertz CT molecular complexity index is 781. The van der Waals surface area contributed by atoms with Gasteiger partial charge >= 0.3 is 0 Å². The summed E-state index contributed by atoms with van der Waals surface area (Å²) in [5.41, 5.74) is 0.0588. The molecule has 1 aromatic rings. The maximum absolute atomic E-state index is 12.7. The molecule has 4 aliphatic rings. The second kappa shape index (κ2) is 4.08. The van der Waals surface area contributed by atoms with Crippen LogP contribution in [0.3, 0.4) is 0 Å². The number of hydrogen-bond acceptors (Lipinski definition) is 5. The van der Waals surface area contributed by atoms with Crippen molar-refractivity contribution in [3.8, 4) is 11.5 Å². The van der Waals surface area contributed by atoms with E-state index in [1.807, 2.05) is 7.05 Å². The van der Waals surface area contributed by atoms with Crippen LogP contribution in [-0.4, -0.2) is 54.2 Å². The maximum Gasteiger partial charge on any atom is 0.174 e. The van der Waals surface area contributed by atoms with E-state index in [0.717, 1.165) is 17.7 Å². The monoisotopic (exact) mass is 316 g/mol. The van der Waals surface area contributed by atoms with Gasteiger partial charge in [0.15, 0.2) is 23.4 Å². The number of piperidine rings is 1. The second-order valence-corrected chi connectivity index (χ2v) is 7.35. The van der Waals surface area contributed by atoms with Crippen molar-refractivity contribution in [2.24, 2.45) is 0 Å². The molecular weight excluding hydrogens is 294 g/mol. The predicted octanol–water partition coefficient (Wildman–Crippen LogP) is 1.05. The summed E-state index contributed by atoms with van der Waals surface area (Å²) in [7, 11) is 3.57. The summed E-state index contributed by atoms with van der Waals surface area (Å²) in [5, 5.41) is 11.8. The van der Waals surface area contributed by atoms with Crippen LogP contribution >= 0.6 is 0 Å². The quantitative estimate of drug-likeness (QED) is 0.839. The highest BCUT2D eigenvalue weighted by Crippen LogP contribution is 2.64. The lowest BCUT2D eigenvalue weighted by Crippen LogP contribution is -2.76. The summed E-state index contributed by atoms with van der Waals surface area (Å²) < 4.78 is 20.0. The van der Waals surface area contributed by atoms with Crippen LogP contribution < -0.4 is 9.47 Å². The lowest BCUT2D eigenvalue weighted by molar-refractivity contribution is -0.185. The number of carbonyl (C=O) groups is 1. The van der Waals surface area contributed by atoms with Crippen molar-refractivity contribution in [1.29, 1.82) is 0 Å². The van der Waals surface area contributed by atoms with Gasteiger partial charge in [0.05, 0.1) is 19.5 Å². The van der Waals surface area contributed by atoms with Crippen LogP contribution in [0, 0.1) is 0 Å². The number of benzene rings is 1. The molecule has 4 atom stereocenters. The molecule has 122 valence electrons. The minimum Gasteiger partial charge on any atom is -0.493 e. The molecule has 1 aromatic carbocycles. The molecule has 5 nitrogen and oxygen atoms in total. The summed E-state index contributed by atoms with van der Waals surface area (Å²) in [6.45, 7) is 0.809. The number of nitrogens with zero attached hydrogens (tertiary/aromatic N) is 1. The van der Waals surface area contributed by atoms with Gasteiger partial charge in [0, 0.05) is 18.0 Å². The van der Waals surface area contributed by atoms with Crippen LogP contribution in [0.5, 0.6) is 11.5 Å². The van der Waals surface area contributed by atoms with Crippen molar-refractivity contribution in [1.82, 2.24) is 4.90 Å². The number of carbonyl (C=O) groups excluding carboxylic acids is 1. The molecule has 1 spiro atoms. The van der Waals surface area contributed by atoms with Gasteiger partial charge in [0.25, 0.3) is 0 Å². The summed E-state index contributed by atoms with van der Waals surface area (Å²) in [5.74, 6) is 1.13. The van der Waals surface area contributed by atoms with Crippen LogP contribution in [-0.2, 0) is 16.6 Å². The number of ether oxygens (including phenoxy) is 2. The Morgan fingerprint density at radius 2 is 2.35 bits per heavy atom. The topological polar surface area (TPSA) is 59.0 Å². The number of rotatable bonds is 1. The van der Waals surface area contributed by atoms with Crippen molar-refractivity contribution in [3.05, 3.63) is 23.2 Å². The normalized spacial score (nSPS) is 41.2. The van der Waals surface area contributed by atoms with E-state index in [2.05, 4.69) is 4.90 Å². The van der Waals surface area contributed by atoms with Crippen molar-refractivity contribution in [2.75, 3.05) is 20.7 Å². The van der Waals surface area contributed by atoms with Crippen molar-refractivity contribution >= 4 is 5.78 Å². The van der Waals surface area contributed by atoms with E-state index in [9.17, 15) is 9.90 Å². The standard InChI is InChI=1S/C18H21NO4/c1-19-8-7-17-14-10-3-4-12(22-2)15(14)23-16(17)11(20)5-6-18(17,21)13(19)9-10/h3-4,13,16,21H,5-9H2,1-2H3/t13-,16+,17+,18-/m1/s1/i3D. The molecule has 0 radical (unpaired) electrons. The molecule has 23 heavy (non-hydrogen) atoms. The summed E-state index contributed by atoms with van der Waals surface area (Å²) in [4.78, 5) is 14.9. The van der Waals surface area contributed by atoms with E-state index in [1.165, 1.54) is 0 Å². The molecule has 2 aliphatic carbocycles. The number of ketones is 1. The average molecular weight is 316 g/mol. The van der Waals surface area contributed by atoms with Crippen molar-refractivity contribution < 1.29 is 20.7 Å². The molecule has 5 heteroatoms. The number of methoxy groups -OCH3 is 1. The fourth-order valence-electron chi connectivity index (χ4n) is 5.58. The third-order valence-electron chi connectivity index (χ3n) is 6.64. The molecule has 2 fully saturated rings. The third kappa shape index (κ3) is 1.32. The van der Waals surface area contributed by atoms with Gasteiger partial charge in [0.2, 0.25) is 0 Å². The van der Waals surface area contributed by atoms with E-state index in [0.29, 0.717) is 43.2 Å². The first-order valence-corrected chi connectivity index (χ1v) is 8.27. The Balaban J connectivity index is 1.88. The molecule has 1 saturated heterocycles. The minimum absolute atomic E-state index is 0.0561. The molecule has 2 bridgehead atoms. The predicted molar refractivity (Wildman–Crippen MR) is 83.0 cm³/mol. The molecule has 0 amide bonds. The number of likely N-dealkylation sites (tertiary alicyclic amines) is 1. The van der Waals surface area contributed by atoms with E-state index in [1.54, 1.807) is 13.2 Å². The van der Waals surface area contributed by atoms with E-state index in [4.69, 9.17) is 10.8 Å². The van der Waals surface area contributed by atoms with E-state index in [-0.39, 0.29) is 11.8 Å². The molecule has 2 heterocycles. The zero-order valence-corrected chi connectivity index (χ0v) is 13.4. The zero-order valence-electron chi connectivity index (χ0n) is 14.4. The van der Waals surface area contributed by atoms with Crippen LogP contribution in [0.4, 0.5) is 0 Å². The summed E-state index contributed by atoms with van der Waals surface area (Å²) in [6.07, 6.45) is 1.43. The Morgan fingerprint density at radius 1 is 1.52 bits per heavy atom. The van der Waals surface area contributed by atoms with E-state index >= 15 is 0 Å². The first kappa shape index (κ1) is 12.8. The van der Waals surface area contributed by atoms with Crippen LogP contribution in [0.1, 0.15) is 31.8 Å². The number of likely N-dealkylation sites (N-methyl/N-ethyl adjacent to an activating group) is 1. The molecule has 2 aliphatic heterocycles. The lowest BCUT2D eigenvalue weighted by atomic mass is 9.49. The third-order valence-corrected chi connectivity index (χ3v) is 6.64. The highest BCUT2D eigenvalue weighted by Gasteiger charge is 2.72. The SMILES string of the molecule is [2H]c1cc(OC)c2c3c1C[C@H]1N(C)CC[C@@]34[C@@H](O2)C(=O)CC[C@@]14O. The van der Waals surface area contributed by atoms with Gasteiger partial charge in [-0.25, -0.2) is 0 Å². The van der Waals surface area contributed by atoms with Gasteiger partial charge in [0.1, 0.15) is 0 Å². The van der Waals surface area contributed by atoms with Gasteiger partial charge < -0.3 is 19.5 Å². The Labute approximate surface area is 136 Å². The number of hydrogen-bond donors (Lipinski definition) is 1. The van der Waals surface area contributed by atoms with Gasteiger partial charge in [-0.05, 0) is 44.5 Å². The smallest absolute Gasteiger partial charge is 0.174 e. The van der Waals surface area contributed by atoms with Crippen LogP contribution in [0.15, 0.2) is 12.1 Å². The molecule has 0 unspecified atom stereocenters. The fourth-order valence-corrected chi connectivity index (χ4v) is 5.58. The fraction of sp³-hybridized carbons (Fsp3) is 0.611. The van der Waals surface area contributed by atoms with Crippen molar-refractivity contribution in [2.45, 2.75) is 48.8 Å². The van der Waals surface area contributed by atoms with Gasteiger partial charge in [-0.2, -0.15) is 0 Å². The Morgan fingerprint density at radius 3 is 3.13 bits per heavy atom. The number of aliphatic hydroxyl groups is 1. The molecule has 0 aromatic heterocycles. The Hall–Kier alpha value is -1.59. The van der Waals surface area contributed by atoms with Gasteiger partial charge in [-0.15, -0.1) is 0 Å². The van der Waals surface area contributed by atoms with Crippen LogP contribution in [0.25, 0.3) is 0 Å². The molecule has 5 rings (SSSR count). The number of Topliss-reactive ketones (excluding diaryl/α,β-unsaturated/α-hetero) is 1. The lowest BCUT2D eigenvalue weighted by Gasteiger charge is -2.62. The first-order chi connectivity index (χ1) is 11.4. The highest BCUT2D eigenvalue weighted by molar-refractivity contribution is 5.90. The van der Waals surface area contributed by atoms with Crippen molar-refractivity contribution in [3.63, 3.8) is 0 Å².